The lowest BCUT2D eigenvalue weighted by molar-refractivity contribution is 1.10. The van der Waals surface area contributed by atoms with Crippen LogP contribution in [0.2, 0.25) is 0 Å². The second-order valence-corrected chi connectivity index (χ2v) is 1.01. The Hall–Kier alpha value is -1.43. The molecule has 1 heterocycles. The van der Waals surface area contributed by atoms with Gasteiger partial charge in [0.15, 0.2) is 0 Å². The molecule has 0 bridgehead atoms. The molecule has 36 N–H and O–H groups in total. The van der Waals surface area contributed by atoms with E-state index >= 15 is 0 Å². The van der Waals surface area contributed by atoms with Gasteiger partial charge in [-0.15, -0.1) is 0 Å². The smallest absolute Gasteiger partial charge is 0.118 e. The number of nitrogens with zero attached hydrogens (tertiary/aromatic N) is 1. The Balaban J connectivity index is -0.00000000364. The quantitative estimate of drug-likeness (QED) is 0.319. The zero-order valence-corrected chi connectivity index (χ0v) is 11.0. The summed E-state index contributed by atoms with van der Waals surface area (Å²) in [6, 6.07) is 1.69. The molecular formula is C3H38N14. The number of hydrogen-bond donors (Lipinski definition) is 13. The first-order chi connectivity index (χ1) is 2.89. The van der Waals surface area contributed by atoms with Crippen LogP contribution in [0.1, 0.15) is 0 Å². The first-order valence-electron chi connectivity index (χ1n) is 1.64. The molecule has 0 aliphatic rings. The van der Waals surface area contributed by atoms with E-state index in [1.54, 1.807) is 12.3 Å². The normalized spacial score (nSPS) is 3.06. The molecule has 0 amide bonds. The van der Waals surface area contributed by atoms with Crippen molar-refractivity contribution in [2.45, 2.75) is 0 Å². The van der Waals surface area contributed by atoms with Crippen molar-refractivity contribution in [2.75, 3.05) is 5.73 Å². The van der Waals surface area contributed by atoms with E-state index in [1.165, 1.54) is 0 Å². The maximum absolute atomic E-state index is 5.16. The number of rotatable bonds is 0. The number of aromatic amines is 1. The second-order valence-electron chi connectivity index (χ2n) is 1.01. The number of H-pyrrole nitrogens is 1. The van der Waals surface area contributed by atoms with Gasteiger partial charge in [0.25, 0.3) is 0 Å². The standard InChI is InChI=1S/C3H5N3.11H3N/c4-3-1-2-5-6-3;;;;;;;;;;;/h1-2H,(H3,4,5,6);11*1H3. The monoisotopic (exact) mass is 270 g/mol. The maximum Gasteiger partial charge on any atom is 0.118 e. The van der Waals surface area contributed by atoms with Crippen LogP contribution in [0.25, 0.3) is 0 Å². The van der Waals surface area contributed by atoms with Gasteiger partial charge < -0.3 is 73.4 Å². The van der Waals surface area contributed by atoms with E-state index in [1.807, 2.05) is 0 Å². The Kier molecular flexibility index (Phi) is 805. The van der Waals surface area contributed by atoms with Crippen LogP contribution in [-0.4, -0.2) is 10.2 Å². The predicted octanol–water partition coefficient (Wildman–Crippen LogP) is 1.77. The molecule has 0 aliphatic carbocycles. The molecule has 1 aromatic heterocycles. The fourth-order valence-electron chi connectivity index (χ4n) is 0.267. The van der Waals surface area contributed by atoms with Gasteiger partial charge in [-0.2, -0.15) is 5.10 Å². The lowest BCUT2D eigenvalue weighted by Crippen LogP contribution is -1.81. The molecule has 0 radical (unpaired) electrons. The highest BCUT2D eigenvalue weighted by Crippen LogP contribution is 1.86. The van der Waals surface area contributed by atoms with Gasteiger partial charge >= 0.3 is 0 Å². The zero-order valence-electron chi connectivity index (χ0n) is 11.0. The summed E-state index contributed by atoms with van der Waals surface area (Å²) in [4.78, 5) is 0. The molecule has 1 rings (SSSR count). The fourth-order valence-corrected chi connectivity index (χ4v) is 0.267. The van der Waals surface area contributed by atoms with E-state index in [0.29, 0.717) is 5.82 Å². The minimum atomic E-state index is 0. The van der Waals surface area contributed by atoms with Crippen LogP contribution in [0.4, 0.5) is 5.82 Å². The van der Waals surface area contributed by atoms with Gasteiger partial charge in [0.05, 0.1) is 6.20 Å². The summed E-state index contributed by atoms with van der Waals surface area (Å²) in [5.74, 6) is 0.606. The van der Waals surface area contributed by atoms with Crippen LogP contribution in [0.3, 0.4) is 0 Å². The summed E-state index contributed by atoms with van der Waals surface area (Å²) in [6.07, 6.45) is 1.61. The molecule has 0 atom stereocenters. The van der Waals surface area contributed by atoms with Crippen LogP contribution in [0.5, 0.6) is 0 Å². The van der Waals surface area contributed by atoms with Crippen LogP contribution in [0, 0.1) is 0 Å². The van der Waals surface area contributed by atoms with E-state index in [9.17, 15) is 0 Å². The van der Waals surface area contributed by atoms with Gasteiger partial charge in [0.2, 0.25) is 0 Å². The topological polar surface area (TPSA) is 440 Å². The molecule has 14 heteroatoms. The summed E-state index contributed by atoms with van der Waals surface area (Å²) in [7, 11) is 0. The van der Waals surface area contributed by atoms with E-state index in [4.69, 9.17) is 5.73 Å². The second kappa shape index (κ2) is 86.5. The summed E-state index contributed by atoms with van der Waals surface area (Å²) in [6.45, 7) is 0. The molecule has 0 saturated carbocycles. The van der Waals surface area contributed by atoms with Crippen molar-refractivity contribution in [3.8, 4) is 0 Å². The lowest BCUT2D eigenvalue weighted by atomic mass is 10.7. The van der Waals surface area contributed by atoms with Crippen LogP contribution < -0.4 is 73.4 Å². The van der Waals surface area contributed by atoms with Crippen molar-refractivity contribution in [2.24, 2.45) is 0 Å². The molecule has 0 spiro atoms. The van der Waals surface area contributed by atoms with Crippen molar-refractivity contribution in [1.29, 1.82) is 0 Å². The molecule has 1 aromatic rings. The number of hydrogen-bond acceptors (Lipinski definition) is 13. The van der Waals surface area contributed by atoms with Crippen molar-refractivity contribution in [3.05, 3.63) is 12.3 Å². The summed E-state index contributed by atoms with van der Waals surface area (Å²) < 4.78 is 0. The Morgan fingerprint density at radius 1 is 0.706 bits per heavy atom. The third-order valence-electron chi connectivity index (χ3n) is 0.522. The van der Waals surface area contributed by atoms with Gasteiger partial charge in [-0.05, 0) is 6.07 Å². The third kappa shape index (κ3) is 74.2. The molecule has 120 valence electrons. The molecule has 0 aromatic carbocycles. The molecular weight excluding hydrogens is 232 g/mol. The highest BCUT2D eigenvalue weighted by molar-refractivity contribution is 5.22. The van der Waals surface area contributed by atoms with Crippen LogP contribution in [0.15, 0.2) is 12.3 Å². The van der Waals surface area contributed by atoms with E-state index in [2.05, 4.69) is 10.2 Å². The molecule has 0 unspecified atom stereocenters. The van der Waals surface area contributed by atoms with Gasteiger partial charge in [-0.1, -0.05) is 0 Å². The largest absolute Gasteiger partial charge is 0.384 e. The molecule has 0 fully saturated rings. The minimum Gasteiger partial charge on any atom is -0.384 e. The van der Waals surface area contributed by atoms with E-state index < -0.39 is 0 Å². The van der Waals surface area contributed by atoms with Gasteiger partial charge in [-0.25, -0.2) is 0 Å². The van der Waals surface area contributed by atoms with Crippen molar-refractivity contribution in [3.63, 3.8) is 0 Å². The van der Waals surface area contributed by atoms with Gasteiger partial charge in [-0.3, -0.25) is 5.10 Å². The summed E-state index contributed by atoms with van der Waals surface area (Å²) in [5, 5.41) is 6.10. The van der Waals surface area contributed by atoms with Crippen LogP contribution >= 0.6 is 0 Å². The Morgan fingerprint density at radius 2 is 1.00 bits per heavy atom. The van der Waals surface area contributed by atoms with Crippen molar-refractivity contribution < 1.29 is 0 Å². The summed E-state index contributed by atoms with van der Waals surface area (Å²) >= 11 is 0. The van der Waals surface area contributed by atoms with Gasteiger partial charge in [0.1, 0.15) is 5.82 Å². The molecule has 14 nitrogen and oxygen atoms in total. The Bertz CT molecular complexity index is 115. The fraction of sp³-hybridized carbons (Fsp3) is 0. The first kappa shape index (κ1) is 158. The van der Waals surface area contributed by atoms with Crippen molar-refractivity contribution in [1.82, 2.24) is 77.9 Å². The molecule has 0 saturated heterocycles. The average molecular weight is 270 g/mol. The number of aromatic nitrogens is 2. The Labute approximate surface area is 103 Å². The van der Waals surface area contributed by atoms with E-state index in [0.717, 1.165) is 0 Å². The van der Waals surface area contributed by atoms with Crippen LogP contribution in [-0.2, 0) is 0 Å². The summed E-state index contributed by atoms with van der Waals surface area (Å²) in [5.41, 5.74) is 5.16. The highest BCUT2D eigenvalue weighted by atomic mass is 15.1. The number of nitrogen functional groups attached to an aromatic ring is 1. The maximum atomic E-state index is 5.16. The minimum absolute atomic E-state index is 0. The molecule has 17 heavy (non-hydrogen) atoms. The zero-order chi connectivity index (χ0) is 4.41. The van der Waals surface area contributed by atoms with Crippen molar-refractivity contribution >= 4 is 5.82 Å². The Morgan fingerprint density at radius 3 is 1.06 bits per heavy atom. The average Bonchev–Trinajstić information content (AvgIpc) is 1.86. The third-order valence-corrected chi connectivity index (χ3v) is 0.522. The predicted molar refractivity (Wildman–Crippen MR) is 78.2 cm³/mol. The number of nitrogens with one attached hydrogen (secondary N) is 1. The highest BCUT2D eigenvalue weighted by Gasteiger charge is 1.74. The first-order valence-corrected chi connectivity index (χ1v) is 1.64. The number of nitrogens with two attached hydrogens (primary N) is 1. The number of anilines is 1. The molecule has 0 aliphatic heterocycles. The van der Waals surface area contributed by atoms with Gasteiger partial charge in [0, 0.05) is 0 Å². The lowest BCUT2D eigenvalue weighted by Gasteiger charge is -1.70. The SMILES string of the molecule is N.N.N.N.N.N.N.N.N.N.N.Nc1ccn[nH]1. The van der Waals surface area contributed by atoms with E-state index in [-0.39, 0.29) is 67.7 Å².